The van der Waals surface area contributed by atoms with Crippen molar-refractivity contribution in [3.8, 4) is 0 Å². The maximum atomic E-state index is 12.9. The Hall–Kier alpha value is -1.89. The number of anilines is 1. The summed E-state index contributed by atoms with van der Waals surface area (Å²) in [6.07, 6.45) is 1.21. The molecule has 7 heteroatoms. The number of imidazole rings is 1. The van der Waals surface area contributed by atoms with Crippen LogP contribution in [0.3, 0.4) is 0 Å². The van der Waals surface area contributed by atoms with Crippen LogP contribution >= 0.6 is 0 Å². The molecule has 0 amide bonds. The fourth-order valence-electron chi connectivity index (χ4n) is 1.30. The number of H-pyrrole nitrogens is 1. The van der Waals surface area contributed by atoms with Gasteiger partial charge in [0.05, 0.1) is 11.9 Å². The summed E-state index contributed by atoms with van der Waals surface area (Å²) >= 11 is 0. The van der Waals surface area contributed by atoms with Crippen molar-refractivity contribution in [1.29, 1.82) is 0 Å². The molecule has 5 nitrogen and oxygen atoms in total. The summed E-state index contributed by atoms with van der Waals surface area (Å²) < 4.78 is 38.8. The van der Waals surface area contributed by atoms with Gasteiger partial charge in [0, 0.05) is 0 Å². The van der Waals surface area contributed by atoms with Crippen molar-refractivity contribution in [1.82, 2.24) is 9.97 Å². The van der Waals surface area contributed by atoms with E-state index in [1.54, 1.807) is 6.92 Å². The Morgan fingerprint density at radius 3 is 2.76 bits per heavy atom. The highest BCUT2D eigenvalue weighted by molar-refractivity contribution is 7.92. The van der Waals surface area contributed by atoms with Crippen LogP contribution in [-0.4, -0.2) is 18.4 Å². The minimum Gasteiger partial charge on any atom is -0.332 e. The van der Waals surface area contributed by atoms with Crippen molar-refractivity contribution < 1.29 is 12.8 Å². The number of aryl methyl sites for hydroxylation is 1. The summed E-state index contributed by atoms with van der Waals surface area (Å²) in [7, 11) is -3.74. The zero-order valence-electron chi connectivity index (χ0n) is 8.94. The SMILES string of the molecule is Cc1ncc(S(=O)(=O)Nc2cccc(F)c2)[nH]1. The zero-order chi connectivity index (χ0) is 12.5. The largest absolute Gasteiger partial charge is 0.332 e. The van der Waals surface area contributed by atoms with Crippen LogP contribution in [0.15, 0.2) is 35.5 Å². The van der Waals surface area contributed by atoms with Gasteiger partial charge in [0.15, 0.2) is 5.03 Å². The summed E-state index contributed by atoms with van der Waals surface area (Å²) in [5.41, 5.74) is 0.164. The lowest BCUT2D eigenvalue weighted by Gasteiger charge is -2.05. The number of aromatic amines is 1. The van der Waals surface area contributed by atoms with Crippen LogP contribution in [0.2, 0.25) is 0 Å². The van der Waals surface area contributed by atoms with E-state index >= 15 is 0 Å². The summed E-state index contributed by atoms with van der Waals surface area (Å²) in [5.74, 6) is -0.0180. The molecule has 2 N–H and O–H groups in total. The topological polar surface area (TPSA) is 74.8 Å². The van der Waals surface area contributed by atoms with E-state index in [2.05, 4.69) is 14.7 Å². The number of hydrogen-bond acceptors (Lipinski definition) is 3. The van der Waals surface area contributed by atoms with Crippen molar-refractivity contribution >= 4 is 15.7 Å². The van der Waals surface area contributed by atoms with E-state index in [0.29, 0.717) is 5.82 Å². The molecule has 0 saturated carbocycles. The first-order valence-corrected chi connectivity index (χ1v) is 6.26. The van der Waals surface area contributed by atoms with Gasteiger partial charge in [0.2, 0.25) is 0 Å². The molecule has 0 aliphatic carbocycles. The number of nitrogens with one attached hydrogen (secondary N) is 2. The number of benzene rings is 1. The van der Waals surface area contributed by atoms with Crippen molar-refractivity contribution in [2.45, 2.75) is 11.9 Å². The first-order chi connectivity index (χ1) is 7.97. The third-order valence-corrected chi connectivity index (χ3v) is 3.34. The summed E-state index contributed by atoms with van der Waals surface area (Å²) in [6.45, 7) is 1.64. The molecule has 0 spiro atoms. The minimum atomic E-state index is -3.74. The van der Waals surface area contributed by atoms with Gasteiger partial charge in [0.1, 0.15) is 11.6 Å². The number of nitrogens with zero attached hydrogens (tertiary/aromatic N) is 1. The number of halogens is 1. The van der Waals surface area contributed by atoms with Gasteiger partial charge in [-0.2, -0.15) is 8.42 Å². The highest BCUT2D eigenvalue weighted by Gasteiger charge is 2.16. The maximum Gasteiger partial charge on any atom is 0.278 e. The molecule has 0 aliphatic rings. The van der Waals surface area contributed by atoms with Crippen LogP contribution in [0.5, 0.6) is 0 Å². The van der Waals surface area contributed by atoms with Gasteiger partial charge in [-0.1, -0.05) is 6.07 Å². The van der Waals surface area contributed by atoms with Crippen LogP contribution < -0.4 is 4.72 Å². The Kier molecular flexibility index (Phi) is 2.84. The van der Waals surface area contributed by atoms with Crippen LogP contribution in [0.4, 0.5) is 10.1 Å². The molecule has 0 unspecified atom stereocenters. The van der Waals surface area contributed by atoms with Gasteiger partial charge in [-0.05, 0) is 25.1 Å². The molecule has 0 aliphatic heterocycles. The molecule has 0 fully saturated rings. The third-order valence-electron chi connectivity index (χ3n) is 2.05. The van der Waals surface area contributed by atoms with E-state index < -0.39 is 15.8 Å². The third kappa shape index (κ3) is 2.62. The quantitative estimate of drug-likeness (QED) is 0.875. The van der Waals surface area contributed by atoms with E-state index in [1.165, 1.54) is 24.4 Å². The average molecular weight is 255 g/mol. The molecule has 0 saturated heterocycles. The van der Waals surface area contributed by atoms with E-state index in [1.807, 2.05) is 0 Å². The van der Waals surface area contributed by atoms with Gasteiger partial charge >= 0.3 is 0 Å². The summed E-state index contributed by atoms with van der Waals surface area (Å²) in [5, 5.41) is -0.0562. The van der Waals surface area contributed by atoms with Crippen LogP contribution in [0.1, 0.15) is 5.82 Å². The normalized spacial score (nSPS) is 11.4. The molecule has 1 aromatic carbocycles. The van der Waals surface area contributed by atoms with E-state index in [4.69, 9.17) is 0 Å². The lowest BCUT2D eigenvalue weighted by Crippen LogP contribution is -2.13. The molecule has 1 heterocycles. The molecule has 2 aromatic rings. The Morgan fingerprint density at radius 2 is 2.18 bits per heavy atom. The molecule has 0 atom stereocenters. The summed E-state index contributed by atoms with van der Waals surface area (Å²) in [4.78, 5) is 6.39. The standard InChI is InChI=1S/C10H10FN3O2S/c1-7-12-6-10(13-7)17(15,16)14-9-4-2-3-8(11)5-9/h2-6,14H,1H3,(H,12,13). The Labute approximate surface area is 97.8 Å². The molecular formula is C10H10FN3O2S. The maximum absolute atomic E-state index is 12.9. The second-order valence-electron chi connectivity index (χ2n) is 3.45. The molecule has 1 aromatic heterocycles. The average Bonchev–Trinajstić information content (AvgIpc) is 2.65. The second kappa shape index (κ2) is 4.17. The predicted octanol–water partition coefficient (Wildman–Crippen LogP) is 1.66. The number of sulfonamides is 1. The smallest absolute Gasteiger partial charge is 0.278 e. The lowest BCUT2D eigenvalue weighted by molar-refractivity contribution is 0.598. The number of rotatable bonds is 3. The first-order valence-electron chi connectivity index (χ1n) is 4.77. The monoisotopic (exact) mass is 255 g/mol. The van der Waals surface area contributed by atoms with Crippen LogP contribution in [0, 0.1) is 12.7 Å². The first kappa shape index (κ1) is 11.6. The number of aromatic nitrogens is 2. The van der Waals surface area contributed by atoms with Crippen molar-refractivity contribution in [2.24, 2.45) is 0 Å². The van der Waals surface area contributed by atoms with Gasteiger partial charge < -0.3 is 4.98 Å². The van der Waals surface area contributed by atoms with E-state index in [-0.39, 0.29) is 10.7 Å². The molecular weight excluding hydrogens is 245 g/mol. The van der Waals surface area contributed by atoms with Gasteiger partial charge in [0.25, 0.3) is 10.0 Å². The van der Waals surface area contributed by atoms with E-state index in [9.17, 15) is 12.8 Å². The molecule has 2 rings (SSSR count). The van der Waals surface area contributed by atoms with Gasteiger partial charge in [-0.15, -0.1) is 0 Å². The predicted molar refractivity (Wildman–Crippen MR) is 60.5 cm³/mol. The van der Waals surface area contributed by atoms with Crippen molar-refractivity contribution in [3.05, 3.63) is 42.1 Å². The highest BCUT2D eigenvalue weighted by Crippen LogP contribution is 2.15. The van der Waals surface area contributed by atoms with Crippen molar-refractivity contribution in [3.63, 3.8) is 0 Å². The van der Waals surface area contributed by atoms with Crippen LogP contribution in [-0.2, 0) is 10.0 Å². The zero-order valence-corrected chi connectivity index (χ0v) is 9.75. The Bertz CT molecular complexity index is 637. The Morgan fingerprint density at radius 1 is 1.41 bits per heavy atom. The van der Waals surface area contributed by atoms with Gasteiger partial charge in [-0.25, -0.2) is 9.37 Å². The second-order valence-corrected chi connectivity index (χ2v) is 5.10. The Balaban J connectivity index is 2.29. The molecule has 0 bridgehead atoms. The molecule has 90 valence electrons. The minimum absolute atomic E-state index is 0.0562. The molecule has 17 heavy (non-hydrogen) atoms. The fraction of sp³-hybridized carbons (Fsp3) is 0.100. The van der Waals surface area contributed by atoms with Gasteiger partial charge in [-0.3, -0.25) is 4.72 Å². The van der Waals surface area contributed by atoms with Crippen LogP contribution in [0.25, 0.3) is 0 Å². The van der Waals surface area contributed by atoms with E-state index in [0.717, 1.165) is 6.07 Å². The number of hydrogen-bond donors (Lipinski definition) is 2. The lowest BCUT2D eigenvalue weighted by atomic mass is 10.3. The van der Waals surface area contributed by atoms with Crippen molar-refractivity contribution in [2.75, 3.05) is 4.72 Å². The summed E-state index contributed by atoms with van der Waals surface area (Å²) in [6, 6.07) is 5.22. The highest BCUT2D eigenvalue weighted by atomic mass is 32.2. The fourth-order valence-corrected chi connectivity index (χ4v) is 2.32. The molecule has 0 radical (unpaired) electrons.